The fourth-order valence-corrected chi connectivity index (χ4v) is 2.49. The van der Waals surface area contributed by atoms with Crippen molar-refractivity contribution < 1.29 is 14.7 Å². The third-order valence-electron chi connectivity index (χ3n) is 2.65. The van der Waals surface area contributed by atoms with Gasteiger partial charge in [-0.3, -0.25) is 4.79 Å². The minimum Gasteiger partial charge on any atom is -0.477 e. The van der Waals surface area contributed by atoms with E-state index in [0.717, 1.165) is 0 Å². The molecule has 0 aliphatic heterocycles. The second-order valence-corrected chi connectivity index (χ2v) is 4.85. The highest BCUT2D eigenvalue weighted by Crippen LogP contribution is 2.32. The number of carboxylic acid groups (broad SMARTS) is 1. The van der Waals surface area contributed by atoms with Crippen molar-refractivity contribution in [1.29, 1.82) is 0 Å². The largest absolute Gasteiger partial charge is 0.477 e. The number of rotatable bonds is 3. The number of hydrogen-bond donors (Lipinski definition) is 3. The lowest BCUT2D eigenvalue weighted by Gasteiger charge is -2.04. The van der Waals surface area contributed by atoms with E-state index in [-0.39, 0.29) is 18.1 Å². The maximum absolute atomic E-state index is 11.2. The minimum absolute atomic E-state index is 0.00656. The second-order valence-electron chi connectivity index (χ2n) is 4.00. The van der Waals surface area contributed by atoms with Crippen LogP contribution in [0.3, 0.4) is 0 Å². The Bertz CT molecular complexity index is 679. The molecule has 19 heavy (non-hydrogen) atoms. The molecule has 1 aromatic heterocycles. The van der Waals surface area contributed by atoms with Crippen molar-refractivity contribution in [2.45, 2.75) is 13.5 Å². The Labute approximate surface area is 118 Å². The van der Waals surface area contributed by atoms with Gasteiger partial charge in [0.15, 0.2) is 0 Å². The molecular formula is C12H10Cl2N2O3. The van der Waals surface area contributed by atoms with Crippen LogP contribution >= 0.6 is 23.2 Å². The smallest absolute Gasteiger partial charge is 0.352 e. The number of hydrogen-bond acceptors (Lipinski definition) is 2. The third-order valence-corrected chi connectivity index (χ3v) is 3.16. The lowest BCUT2D eigenvalue weighted by atomic mass is 10.1. The standard InChI is InChI=1S/C12H10Cl2N2O3/c1-5(17)15-4-7-10-8(14)2-6(13)3-9(10)16-11(7)12(18)19/h2-3,16H,4H2,1H3,(H,15,17)(H,18,19). The molecule has 0 aliphatic carbocycles. The molecule has 0 unspecified atom stereocenters. The normalized spacial score (nSPS) is 10.7. The molecule has 0 atom stereocenters. The molecule has 0 aliphatic rings. The van der Waals surface area contributed by atoms with Gasteiger partial charge < -0.3 is 15.4 Å². The molecular weight excluding hydrogens is 291 g/mol. The van der Waals surface area contributed by atoms with Gasteiger partial charge in [0.2, 0.25) is 5.91 Å². The van der Waals surface area contributed by atoms with Crippen molar-refractivity contribution in [1.82, 2.24) is 10.3 Å². The van der Waals surface area contributed by atoms with Gasteiger partial charge in [-0.1, -0.05) is 23.2 Å². The van der Waals surface area contributed by atoms with Crippen LogP contribution in [0.4, 0.5) is 0 Å². The zero-order valence-corrected chi connectivity index (χ0v) is 11.4. The molecule has 2 rings (SSSR count). The van der Waals surface area contributed by atoms with Crippen molar-refractivity contribution in [3.05, 3.63) is 33.4 Å². The second kappa shape index (κ2) is 5.11. The zero-order valence-electron chi connectivity index (χ0n) is 9.88. The Morgan fingerprint density at radius 1 is 1.37 bits per heavy atom. The summed E-state index contributed by atoms with van der Waals surface area (Å²) in [5.74, 6) is -1.38. The molecule has 1 aromatic carbocycles. The SMILES string of the molecule is CC(=O)NCc1c(C(=O)O)[nH]c2cc(Cl)cc(Cl)c12. The maximum Gasteiger partial charge on any atom is 0.352 e. The summed E-state index contributed by atoms with van der Waals surface area (Å²) < 4.78 is 0. The molecule has 7 heteroatoms. The predicted molar refractivity (Wildman–Crippen MR) is 72.8 cm³/mol. The van der Waals surface area contributed by atoms with E-state index in [1.165, 1.54) is 13.0 Å². The molecule has 0 spiro atoms. The van der Waals surface area contributed by atoms with Crippen LogP contribution in [-0.4, -0.2) is 22.0 Å². The highest BCUT2D eigenvalue weighted by atomic mass is 35.5. The molecule has 2 aromatic rings. The van der Waals surface area contributed by atoms with Crippen molar-refractivity contribution in [2.75, 3.05) is 0 Å². The minimum atomic E-state index is -1.12. The number of aromatic amines is 1. The molecule has 1 amide bonds. The van der Waals surface area contributed by atoms with Gasteiger partial charge >= 0.3 is 5.97 Å². The molecule has 3 N–H and O–H groups in total. The van der Waals surface area contributed by atoms with E-state index in [1.54, 1.807) is 6.07 Å². The Kier molecular flexibility index (Phi) is 3.68. The van der Waals surface area contributed by atoms with E-state index < -0.39 is 5.97 Å². The molecule has 0 bridgehead atoms. The first-order valence-electron chi connectivity index (χ1n) is 5.37. The number of nitrogens with one attached hydrogen (secondary N) is 2. The quantitative estimate of drug-likeness (QED) is 0.815. The average molecular weight is 301 g/mol. The van der Waals surface area contributed by atoms with Gasteiger partial charge in [0.05, 0.1) is 5.02 Å². The fraction of sp³-hybridized carbons (Fsp3) is 0.167. The summed E-state index contributed by atoms with van der Waals surface area (Å²) in [6.45, 7) is 1.44. The number of aromatic carboxylic acids is 1. The number of amides is 1. The van der Waals surface area contributed by atoms with E-state index in [2.05, 4.69) is 10.3 Å². The van der Waals surface area contributed by atoms with E-state index in [1.807, 2.05) is 0 Å². The van der Waals surface area contributed by atoms with E-state index in [4.69, 9.17) is 23.2 Å². The van der Waals surface area contributed by atoms with Gasteiger partial charge in [0.25, 0.3) is 0 Å². The Balaban J connectivity index is 2.65. The van der Waals surface area contributed by atoms with Gasteiger partial charge in [-0.25, -0.2) is 4.79 Å². The summed E-state index contributed by atoms with van der Waals surface area (Å²) >= 11 is 12.0. The summed E-state index contributed by atoms with van der Waals surface area (Å²) in [4.78, 5) is 24.9. The number of H-pyrrole nitrogens is 1. The molecule has 0 saturated heterocycles. The summed E-state index contributed by atoms with van der Waals surface area (Å²) in [5, 5.41) is 13.0. The maximum atomic E-state index is 11.2. The number of halogens is 2. The Morgan fingerprint density at radius 2 is 2.05 bits per heavy atom. The van der Waals surface area contributed by atoms with Crippen molar-refractivity contribution >= 4 is 46.0 Å². The van der Waals surface area contributed by atoms with Crippen LogP contribution in [0.5, 0.6) is 0 Å². The van der Waals surface area contributed by atoms with E-state index >= 15 is 0 Å². The summed E-state index contributed by atoms with van der Waals surface area (Å²) in [6.07, 6.45) is 0. The molecule has 0 saturated carbocycles. The monoisotopic (exact) mass is 300 g/mol. The fourth-order valence-electron chi connectivity index (χ4n) is 1.89. The zero-order chi connectivity index (χ0) is 14.2. The van der Waals surface area contributed by atoms with Crippen LogP contribution in [0.1, 0.15) is 23.0 Å². The molecule has 0 radical (unpaired) electrons. The number of fused-ring (bicyclic) bond motifs is 1. The number of carbonyl (C=O) groups excluding carboxylic acids is 1. The lowest BCUT2D eigenvalue weighted by molar-refractivity contribution is -0.119. The molecule has 1 heterocycles. The van der Waals surface area contributed by atoms with Gasteiger partial charge in [-0.15, -0.1) is 0 Å². The first-order chi connectivity index (χ1) is 8.90. The summed E-state index contributed by atoms with van der Waals surface area (Å²) in [5.41, 5.74) is 0.947. The number of carbonyl (C=O) groups is 2. The number of aromatic nitrogens is 1. The summed E-state index contributed by atoms with van der Waals surface area (Å²) in [7, 11) is 0. The highest BCUT2D eigenvalue weighted by molar-refractivity contribution is 6.39. The number of carboxylic acids is 1. The summed E-state index contributed by atoms with van der Waals surface area (Å²) in [6, 6.07) is 3.12. The molecule has 100 valence electrons. The first kappa shape index (κ1) is 13.7. The average Bonchev–Trinajstić information content (AvgIpc) is 2.64. The lowest BCUT2D eigenvalue weighted by Crippen LogP contribution is -2.20. The van der Waals surface area contributed by atoms with E-state index in [9.17, 15) is 14.7 Å². The first-order valence-corrected chi connectivity index (χ1v) is 6.13. The van der Waals surface area contributed by atoms with Crippen LogP contribution in [0.25, 0.3) is 10.9 Å². The molecule has 0 fully saturated rings. The van der Waals surface area contributed by atoms with Crippen molar-refractivity contribution in [2.24, 2.45) is 0 Å². The molecule has 5 nitrogen and oxygen atoms in total. The van der Waals surface area contributed by atoms with Crippen LogP contribution in [-0.2, 0) is 11.3 Å². The Morgan fingerprint density at radius 3 is 2.63 bits per heavy atom. The third kappa shape index (κ3) is 2.67. The van der Waals surface area contributed by atoms with Crippen LogP contribution in [0.2, 0.25) is 10.0 Å². The highest BCUT2D eigenvalue weighted by Gasteiger charge is 2.19. The van der Waals surface area contributed by atoms with Gasteiger partial charge in [-0.2, -0.15) is 0 Å². The van der Waals surface area contributed by atoms with Crippen LogP contribution in [0.15, 0.2) is 12.1 Å². The van der Waals surface area contributed by atoms with Gasteiger partial charge in [0, 0.05) is 35.0 Å². The van der Waals surface area contributed by atoms with Crippen LogP contribution in [0, 0.1) is 0 Å². The van der Waals surface area contributed by atoms with Gasteiger partial charge in [0.1, 0.15) is 5.69 Å². The number of benzene rings is 1. The van der Waals surface area contributed by atoms with Gasteiger partial charge in [-0.05, 0) is 12.1 Å². The van der Waals surface area contributed by atoms with Crippen LogP contribution < -0.4 is 5.32 Å². The van der Waals surface area contributed by atoms with Crippen molar-refractivity contribution in [3.63, 3.8) is 0 Å². The van der Waals surface area contributed by atoms with Crippen molar-refractivity contribution in [3.8, 4) is 0 Å². The Hall–Kier alpha value is -1.72. The van der Waals surface area contributed by atoms with E-state index in [0.29, 0.717) is 26.5 Å². The predicted octanol–water partition coefficient (Wildman–Crippen LogP) is 2.81. The topological polar surface area (TPSA) is 82.2 Å².